The van der Waals surface area contributed by atoms with Crippen molar-refractivity contribution < 1.29 is 9.90 Å². The topological polar surface area (TPSA) is 37.3 Å². The predicted octanol–water partition coefficient (Wildman–Crippen LogP) is 3.04. The molecule has 0 heterocycles. The molecule has 0 aromatic heterocycles. The van der Waals surface area contributed by atoms with Gasteiger partial charge >= 0.3 is 5.97 Å². The molecule has 0 saturated heterocycles. The van der Waals surface area contributed by atoms with Crippen molar-refractivity contribution >= 4 is 37.8 Å². The van der Waals surface area contributed by atoms with Crippen LogP contribution in [0.2, 0.25) is 0 Å². The Morgan fingerprint density at radius 3 is 2.58 bits per heavy atom. The smallest absolute Gasteiger partial charge is 0.337 e. The highest BCUT2D eigenvalue weighted by atomic mass is 79.9. The van der Waals surface area contributed by atoms with Crippen molar-refractivity contribution in [1.82, 2.24) is 0 Å². The van der Waals surface area contributed by atoms with Gasteiger partial charge < -0.3 is 5.11 Å². The number of carboxylic acid groups (broad SMARTS) is 1. The maximum Gasteiger partial charge on any atom is 0.337 e. The van der Waals surface area contributed by atoms with E-state index in [9.17, 15) is 4.79 Å². The van der Waals surface area contributed by atoms with Crippen LogP contribution in [0.5, 0.6) is 0 Å². The molecule has 0 radical (unpaired) electrons. The highest BCUT2D eigenvalue weighted by Crippen LogP contribution is 2.22. The van der Waals surface area contributed by atoms with Crippen LogP contribution in [0.3, 0.4) is 0 Å². The summed E-state index contributed by atoms with van der Waals surface area (Å²) in [4.78, 5) is 10.8. The van der Waals surface area contributed by atoms with Crippen LogP contribution in [0.1, 0.15) is 15.9 Å². The molecule has 1 aromatic carbocycles. The summed E-state index contributed by atoms with van der Waals surface area (Å²) >= 11 is 6.41. The van der Waals surface area contributed by atoms with E-state index < -0.39 is 5.97 Å². The van der Waals surface area contributed by atoms with E-state index in [0.717, 1.165) is 5.56 Å². The molecule has 0 saturated carbocycles. The molecule has 12 heavy (non-hydrogen) atoms. The van der Waals surface area contributed by atoms with E-state index in [1.807, 2.05) is 6.07 Å². The monoisotopic (exact) mass is 292 g/mol. The zero-order valence-corrected chi connectivity index (χ0v) is 9.22. The van der Waals surface area contributed by atoms with E-state index in [1.165, 1.54) is 0 Å². The van der Waals surface area contributed by atoms with Gasteiger partial charge in [0, 0.05) is 9.80 Å². The van der Waals surface area contributed by atoms with Crippen LogP contribution in [0.15, 0.2) is 22.7 Å². The minimum Gasteiger partial charge on any atom is -0.478 e. The third-order valence-electron chi connectivity index (χ3n) is 1.46. The standard InChI is InChI=1S/C8H6Br2O2/c9-4-5-2-1-3-6(10)7(5)8(11)12/h1-3H,4H2,(H,11,12). The third kappa shape index (κ3) is 1.87. The van der Waals surface area contributed by atoms with E-state index in [0.29, 0.717) is 15.4 Å². The van der Waals surface area contributed by atoms with Crippen LogP contribution in [-0.4, -0.2) is 11.1 Å². The van der Waals surface area contributed by atoms with Gasteiger partial charge in [-0.2, -0.15) is 0 Å². The molecule has 1 rings (SSSR count). The Morgan fingerprint density at radius 2 is 2.17 bits per heavy atom. The van der Waals surface area contributed by atoms with E-state index in [1.54, 1.807) is 12.1 Å². The average molecular weight is 294 g/mol. The van der Waals surface area contributed by atoms with Crippen LogP contribution >= 0.6 is 31.9 Å². The Morgan fingerprint density at radius 1 is 1.50 bits per heavy atom. The molecule has 0 aliphatic carbocycles. The van der Waals surface area contributed by atoms with Gasteiger partial charge in [0.25, 0.3) is 0 Å². The van der Waals surface area contributed by atoms with Gasteiger partial charge in [-0.15, -0.1) is 0 Å². The van der Waals surface area contributed by atoms with Gasteiger partial charge in [-0.05, 0) is 27.6 Å². The first-order valence-electron chi connectivity index (χ1n) is 3.23. The van der Waals surface area contributed by atoms with Crippen LogP contribution in [-0.2, 0) is 5.33 Å². The number of halogens is 2. The largest absolute Gasteiger partial charge is 0.478 e. The number of alkyl halides is 1. The van der Waals surface area contributed by atoms with Gasteiger partial charge in [0.1, 0.15) is 0 Å². The first-order chi connectivity index (χ1) is 5.66. The van der Waals surface area contributed by atoms with Crippen molar-refractivity contribution in [3.8, 4) is 0 Å². The van der Waals surface area contributed by atoms with Crippen molar-refractivity contribution in [3.63, 3.8) is 0 Å². The lowest BCUT2D eigenvalue weighted by Gasteiger charge is -2.03. The number of hydrogen-bond donors (Lipinski definition) is 1. The molecule has 4 heteroatoms. The summed E-state index contributed by atoms with van der Waals surface area (Å²) in [5.41, 5.74) is 1.10. The fourth-order valence-electron chi connectivity index (χ4n) is 0.920. The fraction of sp³-hybridized carbons (Fsp3) is 0.125. The minimum absolute atomic E-state index is 0.328. The van der Waals surface area contributed by atoms with E-state index in [2.05, 4.69) is 31.9 Å². The second-order valence-electron chi connectivity index (χ2n) is 2.21. The van der Waals surface area contributed by atoms with Gasteiger partial charge in [-0.1, -0.05) is 28.1 Å². The number of rotatable bonds is 2. The minimum atomic E-state index is -0.906. The molecule has 0 fully saturated rings. The summed E-state index contributed by atoms with van der Waals surface area (Å²) in [5.74, 6) is -0.906. The number of hydrogen-bond acceptors (Lipinski definition) is 1. The van der Waals surface area contributed by atoms with Gasteiger partial charge in [-0.25, -0.2) is 4.79 Å². The molecule has 0 amide bonds. The molecule has 0 aliphatic heterocycles. The number of carboxylic acids is 1. The zero-order valence-electron chi connectivity index (χ0n) is 6.05. The average Bonchev–Trinajstić information content (AvgIpc) is 2.03. The Hall–Kier alpha value is -0.350. The van der Waals surface area contributed by atoms with Crippen molar-refractivity contribution in [2.45, 2.75) is 5.33 Å². The second kappa shape index (κ2) is 4.05. The Kier molecular flexibility index (Phi) is 3.29. The SMILES string of the molecule is O=C(O)c1c(Br)cccc1CBr. The Balaban J connectivity index is 3.29. The number of carbonyl (C=O) groups is 1. The van der Waals surface area contributed by atoms with Gasteiger partial charge in [0.15, 0.2) is 0 Å². The highest BCUT2D eigenvalue weighted by Gasteiger charge is 2.12. The predicted molar refractivity (Wildman–Crippen MR) is 53.7 cm³/mol. The summed E-state index contributed by atoms with van der Waals surface area (Å²) in [7, 11) is 0. The van der Waals surface area contributed by atoms with E-state index in [-0.39, 0.29) is 0 Å². The third-order valence-corrected chi connectivity index (χ3v) is 2.72. The molecule has 2 nitrogen and oxygen atoms in total. The Labute approximate surface area is 86.9 Å². The molecular weight excluding hydrogens is 288 g/mol. The summed E-state index contributed by atoms with van der Waals surface area (Å²) in [6.07, 6.45) is 0. The molecular formula is C8H6Br2O2. The van der Waals surface area contributed by atoms with Crippen molar-refractivity contribution in [2.75, 3.05) is 0 Å². The van der Waals surface area contributed by atoms with Crippen molar-refractivity contribution in [3.05, 3.63) is 33.8 Å². The summed E-state index contributed by atoms with van der Waals surface area (Å²) in [6.45, 7) is 0. The summed E-state index contributed by atoms with van der Waals surface area (Å²) < 4.78 is 0.618. The molecule has 1 aromatic rings. The number of benzene rings is 1. The lowest BCUT2D eigenvalue weighted by Crippen LogP contribution is -2.01. The normalized spacial score (nSPS) is 9.83. The fourth-order valence-corrected chi connectivity index (χ4v) is 1.96. The van der Waals surface area contributed by atoms with Crippen LogP contribution in [0, 0.1) is 0 Å². The summed E-state index contributed by atoms with van der Waals surface area (Å²) in [5, 5.41) is 9.38. The Bertz CT molecular complexity index is 310. The molecule has 1 N–H and O–H groups in total. The zero-order chi connectivity index (χ0) is 9.14. The highest BCUT2D eigenvalue weighted by molar-refractivity contribution is 9.10. The molecule has 0 unspecified atom stereocenters. The van der Waals surface area contributed by atoms with E-state index >= 15 is 0 Å². The lowest BCUT2D eigenvalue weighted by molar-refractivity contribution is 0.0695. The molecule has 0 atom stereocenters. The van der Waals surface area contributed by atoms with Crippen LogP contribution in [0.25, 0.3) is 0 Å². The van der Waals surface area contributed by atoms with Crippen molar-refractivity contribution in [1.29, 1.82) is 0 Å². The molecule has 0 aliphatic rings. The maximum atomic E-state index is 10.8. The quantitative estimate of drug-likeness (QED) is 0.851. The van der Waals surface area contributed by atoms with Crippen LogP contribution < -0.4 is 0 Å². The maximum absolute atomic E-state index is 10.8. The number of aromatic carboxylic acids is 1. The first kappa shape index (κ1) is 9.74. The van der Waals surface area contributed by atoms with Gasteiger partial charge in [0.2, 0.25) is 0 Å². The first-order valence-corrected chi connectivity index (χ1v) is 5.15. The summed E-state index contributed by atoms with van der Waals surface area (Å²) in [6, 6.07) is 5.31. The lowest BCUT2D eigenvalue weighted by atomic mass is 10.1. The second-order valence-corrected chi connectivity index (χ2v) is 3.63. The molecule has 0 spiro atoms. The van der Waals surface area contributed by atoms with Gasteiger partial charge in [-0.3, -0.25) is 0 Å². The van der Waals surface area contributed by atoms with E-state index in [4.69, 9.17) is 5.11 Å². The van der Waals surface area contributed by atoms with Gasteiger partial charge in [0.05, 0.1) is 5.56 Å². The molecule has 64 valence electrons. The van der Waals surface area contributed by atoms with Crippen molar-refractivity contribution in [2.24, 2.45) is 0 Å². The van der Waals surface area contributed by atoms with Crippen LogP contribution in [0.4, 0.5) is 0 Å². The molecule has 0 bridgehead atoms.